The van der Waals surface area contributed by atoms with Gasteiger partial charge in [-0.1, -0.05) is 32.0 Å². The lowest BCUT2D eigenvalue weighted by Crippen LogP contribution is -2.49. The first-order valence-electron chi connectivity index (χ1n) is 10.4. The maximum absolute atomic E-state index is 13.1. The molecule has 2 aromatic rings. The van der Waals surface area contributed by atoms with Crippen molar-refractivity contribution in [1.29, 1.82) is 0 Å². The van der Waals surface area contributed by atoms with Crippen molar-refractivity contribution in [2.75, 3.05) is 18.4 Å². The third-order valence-electron chi connectivity index (χ3n) is 5.48. The molecule has 3 rings (SSSR count). The van der Waals surface area contributed by atoms with Gasteiger partial charge in [-0.2, -0.15) is 0 Å². The number of carbonyl (C=O) groups excluding carboxylic acids is 2. The van der Waals surface area contributed by atoms with Gasteiger partial charge < -0.3 is 20.5 Å². The maximum atomic E-state index is 13.1. The molecule has 0 saturated carbocycles. The fourth-order valence-electron chi connectivity index (χ4n) is 4.13. The number of benzene rings is 1. The SMILES string of the molecule is CC(C)C[C@H]1CN(C(=O)c2ccc(=O)n(CC(N)=O)c2)CC[C@H]1Nc1ccccc1. The Morgan fingerprint density at radius 3 is 2.57 bits per heavy atom. The highest BCUT2D eigenvalue weighted by atomic mass is 16.2. The summed E-state index contributed by atoms with van der Waals surface area (Å²) in [7, 11) is 0. The average molecular weight is 411 g/mol. The van der Waals surface area contributed by atoms with Gasteiger partial charge in [-0.25, -0.2) is 0 Å². The van der Waals surface area contributed by atoms with Gasteiger partial charge in [-0.3, -0.25) is 14.4 Å². The molecule has 2 amide bonds. The number of pyridine rings is 1. The first kappa shape index (κ1) is 21.6. The Morgan fingerprint density at radius 2 is 1.90 bits per heavy atom. The molecule has 0 bridgehead atoms. The summed E-state index contributed by atoms with van der Waals surface area (Å²) in [5.74, 6) is 0.0914. The molecule has 2 heterocycles. The molecule has 1 aliphatic heterocycles. The fraction of sp³-hybridized carbons (Fsp3) is 0.435. The number of primary amides is 1. The standard InChI is InChI=1S/C23H30N4O3/c1-16(2)12-18-14-26(11-10-20(18)25-19-6-4-3-5-7-19)23(30)17-8-9-22(29)27(13-17)15-21(24)28/h3-9,13,16,18,20,25H,10-12,14-15H2,1-2H3,(H2,24,28)/t18-,20+/m0/s1. The number of carbonyl (C=O) groups is 2. The van der Waals surface area contributed by atoms with Gasteiger partial charge in [-0.05, 0) is 42.9 Å². The summed E-state index contributed by atoms with van der Waals surface area (Å²) in [6.45, 7) is 5.43. The molecule has 1 saturated heterocycles. The minimum atomic E-state index is -0.619. The van der Waals surface area contributed by atoms with Crippen molar-refractivity contribution >= 4 is 17.5 Å². The van der Waals surface area contributed by atoms with Crippen LogP contribution in [0.15, 0.2) is 53.5 Å². The van der Waals surface area contributed by atoms with E-state index in [1.54, 1.807) is 0 Å². The fourth-order valence-corrected chi connectivity index (χ4v) is 4.13. The Morgan fingerprint density at radius 1 is 1.17 bits per heavy atom. The van der Waals surface area contributed by atoms with E-state index in [0.717, 1.165) is 18.5 Å². The Kier molecular flexibility index (Phi) is 6.92. The number of aromatic nitrogens is 1. The van der Waals surface area contributed by atoms with E-state index in [2.05, 4.69) is 31.3 Å². The summed E-state index contributed by atoms with van der Waals surface area (Å²) in [4.78, 5) is 38.1. The van der Waals surface area contributed by atoms with Crippen LogP contribution >= 0.6 is 0 Å². The number of amides is 2. The van der Waals surface area contributed by atoms with Gasteiger partial charge in [-0.15, -0.1) is 0 Å². The largest absolute Gasteiger partial charge is 0.382 e. The number of anilines is 1. The van der Waals surface area contributed by atoms with Crippen LogP contribution in [0.3, 0.4) is 0 Å². The van der Waals surface area contributed by atoms with Crippen molar-refractivity contribution in [1.82, 2.24) is 9.47 Å². The van der Waals surface area contributed by atoms with Crippen molar-refractivity contribution in [3.63, 3.8) is 0 Å². The molecule has 0 radical (unpaired) electrons. The first-order valence-corrected chi connectivity index (χ1v) is 10.4. The highest BCUT2D eigenvalue weighted by Crippen LogP contribution is 2.27. The summed E-state index contributed by atoms with van der Waals surface area (Å²) in [5.41, 5.74) is 6.34. The van der Waals surface area contributed by atoms with Crippen molar-refractivity contribution in [3.8, 4) is 0 Å². The summed E-state index contributed by atoms with van der Waals surface area (Å²) in [5, 5.41) is 3.64. The number of para-hydroxylation sites is 1. The molecule has 1 aromatic heterocycles. The second-order valence-electron chi connectivity index (χ2n) is 8.40. The van der Waals surface area contributed by atoms with E-state index in [4.69, 9.17) is 5.73 Å². The minimum Gasteiger partial charge on any atom is -0.382 e. The summed E-state index contributed by atoms with van der Waals surface area (Å²) in [6, 6.07) is 13.3. The third-order valence-corrected chi connectivity index (χ3v) is 5.48. The second kappa shape index (κ2) is 9.61. The average Bonchev–Trinajstić information content (AvgIpc) is 2.70. The van der Waals surface area contributed by atoms with E-state index in [0.29, 0.717) is 36.5 Å². The number of nitrogens with zero attached hydrogens (tertiary/aromatic N) is 2. The third kappa shape index (κ3) is 5.49. The Bertz CT molecular complexity index is 939. The van der Waals surface area contributed by atoms with Crippen LogP contribution in [-0.4, -0.2) is 40.4 Å². The molecule has 0 spiro atoms. The second-order valence-corrected chi connectivity index (χ2v) is 8.40. The number of piperidine rings is 1. The molecule has 3 N–H and O–H groups in total. The first-order chi connectivity index (χ1) is 14.3. The van der Waals surface area contributed by atoms with Gasteiger partial charge in [0, 0.05) is 37.1 Å². The zero-order valence-corrected chi connectivity index (χ0v) is 17.6. The number of hydrogen-bond acceptors (Lipinski definition) is 4. The predicted molar refractivity (Wildman–Crippen MR) is 117 cm³/mol. The quantitative estimate of drug-likeness (QED) is 0.732. The van der Waals surface area contributed by atoms with E-state index >= 15 is 0 Å². The van der Waals surface area contributed by atoms with Gasteiger partial charge in [0.05, 0.1) is 5.56 Å². The summed E-state index contributed by atoms with van der Waals surface area (Å²) in [6.07, 6.45) is 3.29. The number of likely N-dealkylation sites (tertiary alicyclic amines) is 1. The van der Waals surface area contributed by atoms with Crippen molar-refractivity contribution in [2.24, 2.45) is 17.6 Å². The van der Waals surface area contributed by atoms with Crippen LogP contribution in [0.5, 0.6) is 0 Å². The number of rotatable bonds is 7. The van der Waals surface area contributed by atoms with Crippen LogP contribution in [0.4, 0.5) is 5.69 Å². The molecule has 2 atom stereocenters. The van der Waals surface area contributed by atoms with Crippen LogP contribution in [0, 0.1) is 11.8 Å². The normalized spacial score (nSPS) is 19.0. The van der Waals surface area contributed by atoms with Gasteiger partial charge in [0.1, 0.15) is 6.54 Å². The van der Waals surface area contributed by atoms with Crippen molar-refractivity contribution < 1.29 is 9.59 Å². The Hall–Kier alpha value is -3.09. The Labute approximate surface area is 176 Å². The molecule has 1 aliphatic rings. The molecule has 160 valence electrons. The molecular formula is C23H30N4O3. The van der Waals surface area contributed by atoms with Crippen LogP contribution in [0.25, 0.3) is 0 Å². The Balaban J connectivity index is 1.75. The molecule has 7 nitrogen and oxygen atoms in total. The molecule has 30 heavy (non-hydrogen) atoms. The molecule has 0 aliphatic carbocycles. The van der Waals surface area contributed by atoms with Gasteiger partial charge >= 0.3 is 0 Å². The zero-order chi connectivity index (χ0) is 21.7. The van der Waals surface area contributed by atoms with Gasteiger partial charge in [0.2, 0.25) is 5.91 Å². The number of nitrogens with one attached hydrogen (secondary N) is 1. The lowest BCUT2D eigenvalue weighted by atomic mass is 9.85. The number of nitrogens with two attached hydrogens (primary N) is 1. The summed E-state index contributed by atoms with van der Waals surface area (Å²) < 4.78 is 1.19. The van der Waals surface area contributed by atoms with E-state index in [9.17, 15) is 14.4 Å². The highest BCUT2D eigenvalue weighted by molar-refractivity contribution is 5.94. The maximum Gasteiger partial charge on any atom is 0.255 e. The van der Waals surface area contributed by atoms with Crippen LogP contribution in [0.1, 0.15) is 37.0 Å². The van der Waals surface area contributed by atoms with E-state index in [1.165, 1.54) is 22.9 Å². The monoisotopic (exact) mass is 410 g/mol. The van der Waals surface area contributed by atoms with E-state index in [-0.39, 0.29) is 18.0 Å². The smallest absolute Gasteiger partial charge is 0.255 e. The highest BCUT2D eigenvalue weighted by Gasteiger charge is 2.32. The molecule has 1 fully saturated rings. The van der Waals surface area contributed by atoms with Gasteiger partial charge in [0.15, 0.2) is 0 Å². The van der Waals surface area contributed by atoms with Gasteiger partial charge in [0.25, 0.3) is 11.5 Å². The van der Waals surface area contributed by atoms with Crippen molar-refractivity contribution in [3.05, 3.63) is 64.6 Å². The van der Waals surface area contributed by atoms with Crippen molar-refractivity contribution in [2.45, 2.75) is 39.3 Å². The molecule has 1 aromatic carbocycles. The minimum absolute atomic E-state index is 0.125. The zero-order valence-electron chi connectivity index (χ0n) is 17.6. The van der Waals surface area contributed by atoms with E-state index < -0.39 is 5.91 Å². The lowest BCUT2D eigenvalue weighted by molar-refractivity contribution is -0.118. The summed E-state index contributed by atoms with van der Waals surface area (Å²) >= 11 is 0. The number of hydrogen-bond donors (Lipinski definition) is 2. The molecule has 0 unspecified atom stereocenters. The molecule has 7 heteroatoms. The van der Waals surface area contributed by atoms with E-state index in [1.807, 2.05) is 23.1 Å². The van der Waals surface area contributed by atoms with Crippen LogP contribution in [-0.2, 0) is 11.3 Å². The topological polar surface area (TPSA) is 97.4 Å². The van der Waals surface area contributed by atoms with Crippen LogP contribution in [0.2, 0.25) is 0 Å². The molecular weight excluding hydrogens is 380 g/mol. The predicted octanol–water partition coefficient (Wildman–Crippen LogP) is 2.32. The van der Waals surface area contributed by atoms with Crippen LogP contribution < -0.4 is 16.6 Å². The lowest BCUT2D eigenvalue weighted by Gasteiger charge is -2.40.